The molecule has 83 valence electrons. The van der Waals surface area contributed by atoms with Gasteiger partial charge in [0.1, 0.15) is 0 Å². The van der Waals surface area contributed by atoms with E-state index in [0.717, 1.165) is 19.3 Å². The molecule has 0 saturated carbocycles. The van der Waals surface area contributed by atoms with Gasteiger partial charge in [0, 0.05) is 12.0 Å². The third-order valence-corrected chi connectivity index (χ3v) is 2.44. The molecule has 1 aromatic rings. The average Bonchev–Trinajstić information content (AvgIpc) is 2.26. The van der Waals surface area contributed by atoms with Crippen LogP contribution in [0, 0.1) is 6.92 Å². The van der Waals surface area contributed by atoms with Crippen molar-refractivity contribution in [1.82, 2.24) is 0 Å². The molecule has 0 nitrogen and oxygen atoms in total. The van der Waals surface area contributed by atoms with Crippen LogP contribution >= 0.6 is 0 Å². The van der Waals surface area contributed by atoms with Gasteiger partial charge in [-0.3, -0.25) is 0 Å². The van der Waals surface area contributed by atoms with Crippen LogP contribution in [0.25, 0.3) is 0 Å². The fraction of sp³-hybridized carbons (Fsp3) is 0.462. The lowest BCUT2D eigenvalue weighted by molar-refractivity contribution is -0.0157. The first-order valence-corrected chi connectivity index (χ1v) is 5.39. The summed E-state index contributed by atoms with van der Waals surface area (Å²) in [7, 11) is 0. The Morgan fingerprint density at radius 1 is 1.00 bits per heavy atom. The van der Waals surface area contributed by atoms with Crippen molar-refractivity contribution in [2.45, 2.75) is 38.0 Å². The van der Waals surface area contributed by atoms with Crippen molar-refractivity contribution in [2.75, 3.05) is 0 Å². The predicted molar refractivity (Wildman–Crippen MR) is 58.8 cm³/mol. The van der Waals surface area contributed by atoms with E-state index in [1.165, 1.54) is 12.1 Å². The van der Waals surface area contributed by atoms with Gasteiger partial charge in [-0.05, 0) is 6.42 Å². The molecule has 0 atom stereocenters. The Labute approximate surface area is 90.3 Å². The summed E-state index contributed by atoms with van der Waals surface area (Å²) in [6, 6.07) is 8.03. The number of unbranched alkanes of at least 4 members (excludes halogenated alkanes) is 3. The Bertz CT molecular complexity index is 267. The zero-order valence-electron chi connectivity index (χ0n) is 8.89. The zero-order valence-corrected chi connectivity index (χ0v) is 8.89. The largest absolute Gasteiger partial charge is 0.273 e. The summed E-state index contributed by atoms with van der Waals surface area (Å²) in [4.78, 5) is 0. The van der Waals surface area contributed by atoms with Crippen molar-refractivity contribution in [1.29, 1.82) is 0 Å². The SMILES string of the molecule is [CH2]CCCCCC(F)(F)c1ccccc1. The molecule has 0 N–H and O–H groups in total. The van der Waals surface area contributed by atoms with Gasteiger partial charge in [-0.15, -0.1) is 0 Å². The van der Waals surface area contributed by atoms with E-state index < -0.39 is 5.92 Å². The van der Waals surface area contributed by atoms with Gasteiger partial charge in [-0.25, -0.2) is 8.78 Å². The van der Waals surface area contributed by atoms with Gasteiger partial charge in [0.05, 0.1) is 0 Å². The Hall–Kier alpha value is -0.920. The van der Waals surface area contributed by atoms with E-state index in [4.69, 9.17) is 0 Å². The molecule has 0 aliphatic heterocycles. The van der Waals surface area contributed by atoms with Gasteiger partial charge in [-0.1, -0.05) is 56.5 Å². The molecule has 0 saturated heterocycles. The van der Waals surface area contributed by atoms with Crippen LogP contribution in [-0.2, 0) is 5.92 Å². The molecule has 0 aliphatic rings. The number of rotatable bonds is 6. The van der Waals surface area contributed by atoms with Crippen LogP contribution in [0.5, 0.6) is 0 Å². The van der Waals surface area contributed by atoms with E-state index in [1.54, 1.807) is 18.2 Å². The maximum Gasteiger partial charge on any atom is 0.273 e. The minimum absolute atomic E-state index is 0.0585. The van der Waals surface area contributed by atoms with Gasteiger partial charge >= 0.3 is 0 Å². The minimum atomic E-state index is -2.68. The Morgan fingerprint density at radius 2 is 1.67 bits per heavy atom. The monoisotopic (exact) mass is 211 g/mol. The lowest BCUT2D eigenvalue weighted by atomic mass is 10.0. The van der Waals surface area contributed by atoms with Crippen LogP contribution in [-0.4, -0.2) is 0 Å². The molecule has 1 rings (SSSR count). The highest BCUT2D eigenvalue weighted by Crippen LogP contribution is 2.33. The standard InChI is InChI=1S/C13H17F2/c1-2-3-4-8-11-13(14,15)12-9-6-5-7-10-12/h5-7,9-10H,1-4,8,11H2. The van der Waals surface area contributed by atoms with Gasteiger partial charge in [0.2, 0.25) is 0 Å². The maximum atomic E-state index is 13.6. The second-order valence-electron chi connectivity index (χ2n) is 3.73. The molecule has 0 bridgehead atoms. The fourth-order valence-electron chi connectivity index (χ4n) is 1.53. The molecule has 1 radical (unpaired) electrons. The molecule has 0 amide bonds. The van der Waals surface area contributed by atoms with Gasteiger partial charge < -0.3 is 0 Å². The van der Waals surface area contributed by atoms with Crippen molar-refractivity contribution in [3.8, 4) is 0 Å². The third kappa shape index (κ3) is 3.98. The minimum Gasteiger partial charge on any atom is -0.201 e. The topological polar surface area (TPSA) is 0 Å². The number of hydrogen-bond donors (Lipinski definition) is 0. The van der Waals surface area contributed by atoms with Crippen molar-refractivity contribution < 1.29 is 8.78 Å². The number of halogens is 2. The molecule has 2 heteroatoms. The first kappa shape index (κ1) is 12.2. The van der Waals surface area contributed by atoms with Crippen molar-refractivity contribution in [3.63, 3.8) is 0 Å². The highest BCUT2D eigenvalue weighted by Gasteiger charge is 2.29. The molecule has 0 unspecified atom stereocenters. The number of hydrogen-bond acceptors (Lipinski definition) is 0. The highest BCUT2D eigenvalue weighted by atomic mass is 19.3. The molecule has 0 aliphatic carbocycles. The highest BCUT2D eigenvalue weighted by molar-refractivity contribution is 5.19. The molecule has 1 aromatic carbocycles. The van der Waals surface area contributed by atoms with Gasteiger partial charge in [0.25, 0.3) is 5.92 Å². The summed E-state index contributed by atoms with van der Waals surface area (Å²) < 4.78 is 27.1. The average molecular weight is 211 g/mol. The predicted octanol–water partition coefficient (Wildman–Crippen LogP) is 4.56. The smallest absolute Gasteiger partial charge is 0.201 e. The van der Waals surface area contributed by atoms with Crippen LogP contribution in [0.3, 0.4) is 0 Å². The van der Waals surface area contributed by atoms with E-state index >= 15 is 0 Å². The molecule has 0 spiro atoms. The zero-order chi connectivity index (χ0) is 11.1. The van der Waals surface area contributed by atoms with E-state index in [2.05, 4.69) is 6.92 Å². The van der Waals surface area contributed by atoms with Crippen LogP contribution in [0.2, 0.25) is 0 Å². The van der Waals surface area contributed by atoms with E-state index in [1.807, 2.05) is 0 Å². The van der Waals surface area contributed by atoms with Crippen molar-refractivity contribution in [3.05, 3.63) is 42.8 Å². The van der Waals surface area contributed by atoms with Crippen molar-refractivity contribution in [2.24, 2.45) is 0 Å². The second-order valence-corrected chi connectivity index (χ2v) is 3.73. The molecule has 15 heavy (non-hydrogen) atoms. The van der Waals surface area contributed by atoms with E-state index in [9.17, 15) is 8.78 Å². The molecule has 0 heterocycles. The number of benzene rings is 1. The lowest BCUT2D eigenvalue weighted by Gasteiger charge is -2.16. The van der Waals surface area contributed by atoms with Crippen molar-refractivity contribution >= 4 is 0 Å². The summed E-state index contributed by atoms with van der Waals surface area (Å²) in [5.41, 5.74) is 0.125. The van der Waals surface area contributed by atoms with E-state index in [0.29, 0.717) is 6.42 Å². The van der Waals surface area contributed by atoms with Crippen LogP contribution in [0.4, 0.5) is 8.78 Å². The van der Waals surface area contributed by atoms with Gasteiger partial charge in [0.15, 0.2) is 0 Å². The molecule has 0 fully saturated rings. The fourth-order valence-corrected chi connectivity index (χ4v) is 1.53. The van der Waals surface area contributed by atoms with Crippen LogP contribution in [0.1, 0.15) is 37.7 Å². The third-order valence-electron chi connectivity index (χ3n) is 2.44. The summed E-state index contributed by atoms with van der Waals surface area (Å²) in [6.07, 6.45) is 3.11. The van der Waals surface area contributed by atoms with E-state index in [-0.39, 0.29) is 12.0 Å². The van der Waals surface area contributed by atoms with Gasteiger partial charge in [-0.2, -0.15) is 0 Å². The molecular formula is C13H17F2. The Balaban J connectivity index is 2.45. The number of alkyl halides is 2. The maximum absolute atomic E-state index is 13.6. The second kappa shape index (κ2) is 5.84. The Morgan fingerprint density at radius 3 is 2.27 bits per heavy atom. The first-order valence-electron chi connectivity index (χ1n) is 5.39. The summed E-state index contributed by atoms with van der Waals surface area (Å²) >= 11 is 0. The molecular weight excluding hydrogens is 194 g/mol. The normalized spacial score (nSPS) is 11.7. The summed E-state index contributed by atoms with van der Waals surface area (Å²) in [5.74, 6) is -2.68. The Kier molecular flexibility index (Phi) is 4.73. The van der Waals surface area contributed by atoms with Crippen LogP contribution in [0.15, 0.2) is 30.3 Å². The van der Waals surface area contributed by atoms with Crippen LogP contribution < -0.4 is 0 Å². The summed E-state index contributed by atoms with van der Waals surface area (Å²) in [5, 5.41) is 0. The summed E-state index contributed by atoms with van der Waals surface area (Å²) in [6.45, 7) is 3.69. The first-order chi connectivity index (χ1) is 7.17. The lowest BCUT2D eigenvalue weighted by Crippen LogP contribution is -2.12. The quantitative estimate of drug-likeness (QED) is 0.605. The molecule has 0 aromatic heterocycles.